The van der Waals surface area contributed by atoms with Gasteiger partial charge < -0.3 is 125 Å². The zero-order valence-corrected chi connectivity index (χ0v) is 77.0. The summed E-state index contributed by atoms with van der Waals surface area (Å²) in [6, 6.07) is 1.50. The van der Waals surface area contributed by atoms with Crippen molar-refractivity contribution in [2.24, 2.45) is 0 Å². The Kier molecular flexibility index (Phi) is 26.3. The fourth-order valence-electron chi connectivity index (χ4n) is 16.7. The number of rotatable bonds is 6. The molecule has 61 nitrogen and oxygen atoms in total. The predicted octanol–water partition coefficient (Wildman–Crippen LogP) is -1.70. The summed E-state index contributed by atoms with van der Waals surface area (Å²) in [4.78, 5) is 152. The maximum absolute atomic E-state index is 13.6. The quantitative estimate of drug-likeness (QED) is 0.0651. The van der Waals surface area contributed by atoms with Crippen LogP contribution in [0.1, 0.15) is 65.7 Å². The maximum Gasteiger partial charge on any atom is 0.472 e. The highest BCUT2D eigenvalue weighted by Gasteiger charge is 2.59. The molecule has 9 saturated heterocycles. The lowest BCUT2D eigenvalue weighted by Crippen LogP contribution is -2.36. The Morgan fingerprint density at radius 3 is 1.50 bits per heavy atom. The average Bonchev–Trinajstić information content (AvgIpc) is 1.71. The van der Waals surface area contributed by atoms with Crippen molar-refractivity contribution >= 4 is 153 Å². The summed E-state index contributed by atoms with van der Waals surface area (Å²) < 4.78 is 172. The van der Waals surface area contributed by atoms with Crippen LogP contribution in [-0.4, -0.2) is 308 Å². The van der Waals surface area contributed by atoms with Crippen LogP contribution in [0.2, 0.25) is 0 Å². The minimum Gasteiger partial charge on any atom is -0.387 e. The first-order chi connectivity index (χ1) is 64.9. The third-order valence-electron chi connectivity index (χ3n) is 23.0. The van der Waals surface area contributed by atoms with Crippen molar-refractivity contribution in [2.75, 3.05) is 56.8 Å². The van der Waals surface area contributed by atoms with E-state index in [1.165, 1.54) is 94.5 Å². The van der Waals surface area contributed by atoms with Gasteiger partial charge >= 0.3 is 44.8 Å². The summed E-state index contributed by atoms with van der Waals surface area (Å²) in [6.45, 7) is -8.12. The molecule has 0 aliphatic carbocycles. The molecule has 0 amide bonds. The molecule has 21 rings (SSSR count). The van der Waals surface area contributed by atoms with Gasteiger partial charge in [-0.15, -0.1) is 0 Å². The number of nitrogens with two attached hydrogens (primary N) is 3. The zero-order chi connectivity index (χ0) is 96.9. The second-order valence-electron chi connectivity index (χ2n) is 31.8. The molecule has 20 N–H and O–H groups in total. The Morgan fingerprint density at radius 2 is 0.847 bits per heavy atom. The third kappa shape index (κ3) is 19.0. The van der Waals surface area contributed by atoms with E-state index < -0.39 is 248 Å². The van der Waals surface area contributed by atoms with Crippen LogP contribution in [0.4, 0.5) is 17.5 Å². The molecule has 12 unspecified atom stereocenters. The summed E-state index contributed by atoms with van der Waals surface area (Å²) in [7, 11) is -20.3. The topological polar surface area (TPSA) is 851 Å². The number of aliphatic hydroxyl groups excluding tert-OH is 6. The van der Waals surface area contributed by atoms with Crippen molar-refractivity contribution in [2.45, 2.75) is 168 Å². The molecule has 9 aliphatic heterocycles. The van der Waals surface area contributed by atoms with Crippen LogP contribution in [0.3, 0.4) is 0 Å². The van der Waals surface area contributed by atoms with Gasteiger partial charge in [0.05, 0.1) is 91.1 Å². The number of phosphoric acid groups is 4. The van der Waals surface area contributed by atoms with E-state index in [-0.39, 0.29) is 95.7 Å². The van der Waals surface area contributed by atoms with Crippen LogP contribution in [-0.2, 0) is 117 Å². The lowest BCUT2D eigenvalue weighted by molar-refractivity contribution is -0.0636. The SMILES string of the molecule is Cc1nc2c([C@@H]3O[C@@H]4COP(=O)(O)O[C@@H]5C(O)[C@H](n6cnc7c(N)ncnc76)O[C@@H]5COP(=O)(O)O[C@H]3C4O)cncc2c(=O)[nH]1.Cc1nc2c(ccn2[C@@H]2O[C@@H]3COP(O)(=S)O[C@@H]4C(O)[C@H](n5ncc6c(N)ncnc65)O[C@@H]4COP(=O)(S)O[C@H]2C3O)c(=O)[nH]1.Cc1nc2c(ncn2[C@@H]2O[C@@H]3COP(=O)(O)O[C@@H]4C(O)[C@H](c5cncc6c(N)ncnc56)O[C@@H]4COP(=O)(O)O[C@H]2C3O)c(=O)[nH]1. The summed E-state index contributed by atoms with van der Waals surface area (Å²) >= 11 is 9.34. The summed E-state index contributed by atoms with van der Waals surface area (Å²) in [5.74, 6) is 1.06. The number of ether oxygens (including phenoxy) is 6. The van der Waals surface area contributed by atoms with Gasteiger partial charge in [-0.3, -0.25) is 83.2 Å². The number of imidazole rings is 2. The normalized spacial score (nSPS) is 37.3. The van der Waals surface area contributed by atoms with Crippen molar-refractivity contribution in [1.29, 1.82) is 0 Å². The number of aromatic nitrogens is 21. The molecule has 12 aromatic rings. The highest BCUT2D eigenvalue weighted by molar-refractivity contribution is 8.44. The molecule has 0 radical (unpaired) electrons. The summed E-state index contributed by atoms with van der Waals surface area (Å²) in [6.07, 6.45) is -21.4. The molecule has 12 aromatic heterocycles. The molecule has 6 bridgehead atoms. The van der Waals surface area contributed by atoms with Crippen molar-refractivity contribution in [1.82, 2.24) is 103 Å². The smallest absolute Gasteiger partial charge is 0.387 e. The highest BCUT2D eigenvalue weighted by atomic mass is 32.7. The van der Waals surface area contributed by atoms with E-state index in [9.17, 15) is 92.3 Å². The number of H-pyrrole nitrogens is 3. The standard InChI is InChI=1S/2C23H26N8O13P2.C22H26N8O11P2S2/c1-8-29-13-9(2-25-3-10(13)22(34)30-8)17-19-15(32)11(41-17)4-39-45(35,36)43-18-12(5-40-46(37,38)44-19)42-23(16(18)33)31-7-28-14-20(24)26-6-27-21(14)31;1-8-29-21-14(22(34)30-8)28-7-31(21)23-19-15(32)11(42-23)4-39-45(35,36)43-18-12(5-40-46(37,38)44-19)41-17(16(18)33)9-2-25-3-10-13(9)26-6-27-20(10)24;1-8-27-19-9(20(33)28-8)2-3-29(19)22-16-13(31)11(38-22)5-36-42(34,44)40-15-12(6-37-43(35,45)41-16)39-21(14(15)32)30-18-10(4-26-30)17(23)24-7-25-18/h2*2-3,6-7,11-12,15-19,23,32-33H,4-5H2,1H3,(H,35,36)(H,37,38)(H2,24,26,27)(H,29,30,34);2-4,7,11-16,21-22,31-32H,5-6H2,1H3,(H,34,44)(H,35,45)(H2,23,24,25)(H,27,28,33)/t2*11-,12-,15?,16?,17+,18+,19+,23-;11-,12-,13?,14?,15+,16+,21-,22-,42?,43?/m111/s1. The van der Waals surface area contributed by atoms with E-state index in [0.29, 0.717) is 16.6 Å². The van der Waals surface area contributed by atoms with Gasteiger partial charge in [0.25, 0.3) is 16.7 Å². The molecule has 734 valence electrons. The van der Waals surface area contributed by atoms with E-state index in [2.05, 4.69) is 97.1 Å². The number of nitrogens with one attached hydrogen (secondary N) is 3. The number of fused-ring (bicyclic) bond motifs is 15. The Labute approximate surface area is 771 Å². The average molecular weight is 2070 g/mol. The number of aromatic amines is 3. The van der Waals surface area contributed by atoms with E-state index in [4.69, 9.17) is 112 Å². The van der Waals surface area contributed by atoms with Gasteiger partial charge in [-0.25, -0.2) is 82.3 Å². The number of nitrogens with zero attached hydrogens (tertiary/aromatic N) is 18. The Bertz CT molecular complexity index is 7220. The highest BCUT2D eigenvalue weighted by Crippen LogP contribution is 2.61. The molecule has 69 heteroatoms. The van der Waals surface area contributed by atoms with Crippen molar-refractivity contribution in [3.05, 3.63) is 135 Å². The van der Waals surface area contributed by atoms with Gasteiger partial charge in [-0.1, -0.05) is 12.2 Å². The second kappa shape index (κ2) is 37.2. The summed E-state index contributed by atoms with van der Waals surface area (Å²) in [5.41, 5.74) is 17.5. The number of pyridine rings is 2. The van der Waals surface area contributed by atoms with Gasteiger partial charge in [0, 0.05) is 42.1 Å². The minimum atomic E-state index is -5.09. The Balaban J connectivity index is 0.000000132. The van der Waals surface area contributed by atoms with Crippen molar-refractivity contribution < 1.29 is 161 Å². The monoisotopic (exact) mass is 2070 g/mol. The summed E-state index contributed by atoms with van der Waals surface area (Å²) in [5, 5.41) is 72.2. The molecule has 21 heterocycles. The number of aliphatic hydroxyl groups is 6. The Morgan fingerprint density at radius 1 is 0.394 bits per heavy atom. The largest absolute Gasteiger partial charge is 0.472 e. The van der Waals surface area contributed by atoms with Crippen LogP contribution in [0.25, 0.3) is 66.2 Å². The maximum atomic E-state index is 13.6. The molecule has 9 fully saturated rings. The van der Waals surface area contributed by atoms with Gasteiger partial charge in [-0.2, -0.15) is 5.10 Å². The zero-order valence-electron chi connectivity index (χ0n) is 69.9. The van der Waals surface area contributed by atoms with Crippen LogP contribution in [0.15, 0.2) is 89.3 Å². The fourth-order valence-corrected chi connectivity index (χ4v) is 23.4. The number of aryl methyl sites for hydroxylation is 3. The molecule has 9 aliphatic rings. The van der Waals surface area contributed by atoms with Crippen molar-refractivity contribution in [3.63, 3.8) is 0 Å². The van der Waals surface area contributed by atoms with E-state index in [1.54, 1.807) is 6.92 Å². The van der Waals surface area contributed by atoms with Crippen LogP contribution in [0, 0.1) is 20.8 Å². The second-order valence-corrected chi connectivity index (χ2v) is 43.1. The molecule has 0 spiro atoms. The predicted molar refractivity (Wildman–Crippen MR) is 458 cm³/mol. The molecular weight excluding hydrogens is 1990 g/mol. The minimum absolute atomic E-state index is 0.00299. The van der Waals surface area contributed by atoms with Crippen molar-refractivity contribution in [3.8, 4) is 0 Å². The number of thiol groups is 1. The van der Waals surface area contributed by atoms with Gasteiger partial charge in [0.2, 0.25) is 0 Å². The number of hydrogen-bond acceptors (Lipinski definition) is 50. The van der Waals surface area contributed by atoms with E-state index in [0.717, 1.165) is 12.7 Å². The molecule has 30 atom stereocenters. The van der Waals surface area contributed by atoms with Crippen LogP contribution >= 0.6 is 57.1 Å². The lowest BCUT2D eigenvalue weighted by Gasteiger charge is -2.27. The molecule has 137 heavy (non-hydrogen) atoms. The first-order valence-electron chi connectivity index (χ1n) is 40.5. The Hall–Kier alpha value is -8.96. The molecule has 0 saturated carbocycles. The molecule has 0 aromatic carbocycles. The lowest BCUT2D eigenvalue weighted by atomic mass is 10.0. The number of hydrogen-bond donors (Lipinski definition) is 18. The van der Waals surface area contributed by atoms with E-state index in [1.807, 2.05) is 0 Å². The number of anilines is 3. The first kappa shape index (κ1) is 96.9. The first-order valence-corrected chi connectivity index (χ1v) is 51.7. The van der Waals surface area contributed by atoms with E-state index >= 15 is 0 Å². The van der Waals surface area contributed by atoms with Crippen LogP contribution < -0.4 is 33.9 Å². The van der Waals surface area contributed by atoms with Gasteiger partial charge in [0.1, 0.15) is 181 Å². The number of nitrogen functional groups attached to an aromatic ring is 3. The molecular formula is C68H78N24O37P6S2. The number of phosphoric ester groups is 4. The third-order valence-corrected chi connectivity index (χ3v) is 30.1. The van der Waals surface area contributed by atoms with Crippen LogP contribution in [0.5, 0.6) is 0 Å². The fraction of sp³-hybridized carbons (Fsp3) is 0.485. The van der Waals surface area contributed by atoms with Gasteiger partial charge in [-0.05, 0) is 38.6 Å². The van der Waals surface area contributed by atoms with Gasteiger partial charge in [0.15, 0.2) is 53.2 Å².